The summed E-state index contributed by atoms with van der Waals surface area (Å²) < 4.78 is 23.7. The second kappa shape index (κ2) is 11.7. The van der Waals surface area contributed by atoms with E-state index in [2.05, 4.69) is 5.32 Å². The molecule has 3 aromatic rings. The second-order valence-corrected chi connectivity index (χ2v) is 8.62. The molecule has 1 N–H and O–H groups in total. The third-order valence-electron chi connectivity index (χ3n) is 6.32. The Hall–Kier alpha value is -3.91. The summed E-state index contributed by atoms with van der Waals surface area (Å²) in [6.07, 6.45) is 0. The highest BCUT2D eigenvalue weighted by Crippen LogP contribution is 2.26. The average molecular weight is 492 g/mol. The van der Waals surface area contributed by atoms with Crippen LogP contribution in [0.3, 0.4) is 0 Å². The number of hydrogen-bond acceptors (Lipinski definition) is 5. The largest absolute Gasteiger partial charge is 0.497 e. The first-order chi connectivity index (χ1) is 17.5. The standard InChI is InChI=1S/C28H30FN3O4/c1-35-24-11-5-20(6-12-24)27(21-7-13-25(36-2)14-8-21)30-26(33)19-31-15-17-32(18-16-31)28(34)22-3-9-23(29)10-4-22/h3-14,27H,15-19H2,1-2H3,(H,30,33). The number of hydrogen-bond donors (Lipinski definition) is 1. The Morgan fingerprint density at radius 1 is 0.806 bits per heavy atom. The molecule has 0 radical (unpaired) electrons. The van der Waals surface area contributed by atoms with Crippen molar-refractivity contribution in [2.24, 2.45) is 0 Å². The maximum absolute atomic E-state index is 13.2. The van der Waals surface area contributed by atoms with E-state index in [1.54, 1.807) is 19.1 Å². The van der Waals surface area contributed by atoms with Gasteiger partial charge in [0.1, 0.15) is 17.3 Å². The maximum atomic E-state index is 13.2. The van der Waals surface area contributed by atoms with Crippen molar-refractivity contribution in [3.63, 3.8) is 0 Å². The molecule has 1 aliphatic rings. The molecule has 3 aromatic carbocycles. The van der Waals surface area contributed by atoms with Crippen LogP contribution in [0.15, 0.2) is 72.8 Å². The molecular weight excluding hydrogens is 461 g/mol. The smallest absolute Gasteiger partial charge is 0.253 e. The molecule has 1 aliphatic heterocycles. The van der Waals surface area contributed by atoms with Crippen LogP contribution in [0.25, 0.3) is 0 Å². The molecule has 0 saturated carbocycles. The third-order valence-corrected chi connectivity index (χ3v) is 6.32. The molecule has 8 heteroatoms. The van der Waals surface area contributed by atoms with Gasteiger partial charge in [-0.2, -0.15) is 0 Å². The van der Waals surface area contributed by atoms with Crippen molar-refractivity contribution >= 4 is 11.8 Å². The number of nitrogens with zero attached hydrogens (tertiary/aromatic N) is 2. The summed E-state index contributed by atoms with van der Waals surface area (Å²) in [4.78, 5) is 29.5. The van der Waals surface area contributed by atoms with Crippen molar-refractivity contribution < 1.29 is 23.5 Å². The fraction of sp³-hybridized carbons (Fsp3) is 0.286. The van der Waals surface area contributed by atoms with Crippen LogP contribution in [-0.4, -0.2) is 68.6 Å². The quantitative estimate of drug-likeness (QED) is 0.522. The van der Waals surface area contributed by atoms with Crippen molar-refractivity contribution in [2.75, 3.05) is 46.9 Å². The van der Waals surface area contributed by atoms with Crippen molar-refractivity contribution in [3.8, 4) is 11.5 Å². The number of amides is 2. The van der Waals surface area contributed by atoms with E-state index < -0.39 is 0 Å². The molecule has 2 amide bonds. The summed E-state index contributed by atoms with van der Waals surface area (Å²) in [6.45, 7) is 2.39. The van der Waals surface area contributed by atoms with Gasteiger partial charge < -0.3 is 19.7 Å². The fourth-order valence-corrected chi connectivity index (χ4v) is 4.25. The summed E-state index contributed by atoms with van der Waals surface area (Å²) in [7, 11) is 3.23. The van der Waals surface area contributed by atoms with E-state index in [1.165, 1.54) is 24.3 Å². The minimum atomic E-state index is -0.370. The summed E-state index contributed by atoms with van der Waals surface area (Å²) >= 11 is 0. The normalized spacial score (nSPS) is 13.9. The number of halogens is 1. The van der Waals surface area contributed by atoms with Crippen LogP contribution in [-0.2, 0) is 4.79 Å². The molecule has 188 valence electrons. The predicted octanol–water partition coefficient (Wildman–Crippen LogP) is 3.51. The van der Waals surface area contributed by atoms with Crippen LogP contribution in [0.5, 0.6) is 11.5 Å². The zero-order valence-electron chi connectivity index (χ0n) is 20.4. The lowest BCUT2D eigenvalue weighted by molar-refractivity contribution is -0.123. The number of methoxy groups -OCH3 is 2. The summed E-state index contributed by atoms with van der Waals surface area (Å²) in [5, 5.41) is 3.16. The van der Waals surface area contributed by atoms with E-state index in [0.717, 1.165) is 22.6 Å². The predicted molar refractivity (Wildman–Crippen MR) is 135 cm³/mol. The molecule has 0 aromatic heterocycles. The lowest BCUT2D eigenvalue weighted by Gasteiger charge is -2.34. The van der Waals surface area contributed by atoms with Crippen molar-refractivity contribution in [2.45, 2.75) is 6.04 Å². The first-order valence-electron chi connectivity index (χ1n) is 11.8. The average Bonchev–Trinajstić information content (AvgIpc) is 2.92. The van der Waals surface area contributed by atoms with E-state index in [4.69, 9.17) is 9.47 Å². The van der Waals surface area contributed by atoms with Gasteiger partial charge in [0.15, 0.2) is 0 Å². The van der Waals surface area contributed by atoms with Gasteiger partial charge in [-0.25, -0.2) is 4.39 Å². The van der Waals surface area contributed by atoms with Gasteiger partial charge in [0, 0.05) is 31.7 Å². The van der Waals surface area contributed by atoms with Gasteiger partial charge in [-0.05, 0) is 59.7 Å². The molecule has 0 atom stereocenters. The number of nitrogens with one attached hydrogen (secondary N) is 1. The highest BCUT2D eigenvalue weighted by molar-refractivity contribution is 5.94. The van der Waals surface area contributed by atoms with Crippen LogP contribution in [0.2, 0.25) is 0 Å². The Morgan fingerprint density at radius 3 is 1.78 bits per heavy atom. The molecule has 1 fully saturated rings. The molecular formula is C28H30FN3O4. The van der Waals surface area contributed by atoms with Gasteiger partial charge in [0.2, 0.25) is 5.91 Å². The summed E-state index contributed by atoms with van der Waals surface area (Å²) in [5.74, 6) is 0.881. The Bertz CT molecular complexity index is 1110. The van der Waals surface area contributed by atoms with Gasteiger partial charge in [-0.15, -0.1) is 0 Å². The van der Waals surface area contributed by atoms with E-state index in [1.807, 2.05) is 53.4 Å². The van der Waals surface area contributed by atoms with E-state index in [-0.39, 0.29) is 30.2 Å². The Balaban J connectivity index is 1.38. The first-order valence-corrected chi connectivity index (χ1v) is 11.8. The van der Waals surface area contributed by atoms with Crippen LogP contribution < -0.4 is 14.8 Å². The number of piperazine rings is 1. The van der Waals surface area contributed by atoms with Crippen LogP contribution >= 0.6 is 0 Å². The van der Waals surface area contributed by atoms with Gasteiger partial charge in [0.25, 0.3) is 5.91 Å². The lowest BCUT2D eigenvalue weighted by atomic mass is 9.98. The molecule has 0 unspecified atom stereocenters. The summed E-state index contributed by atoms with van der Waals surface area (Å²) in [6, 6.07) is 20.5. The number of carbonyl (C=O) groups excluding carboxylic acids is 2. The zero-order chi connectivity index (χ0) is 25.5. The first kappa shape index (κ1) is 25.2. The Kier molecular flexibility index (Phi) is 8.17. The highest BCUT2D eigenvalue weighted by Gasteiger charge is 2.25. The van der Waals surface area contributed by atoms with Crippen LogP contribution in [0.1, 0.15) is 27.5 Å². The zero-order valence-corrected chi connectivity index (χ0v) is 20.4. The van der Waals surface area contributed by atoms with Crippen LogP contribution in [0.4, 0.5) is 4.39 Å². The fourth-order valence-electron chi connectivity index (χ4n) is 4.25. The number of rotatable bonds is 8. The van der Waals surface area contributed by atoms with Gasteiger partial charge in [0.05, 0.1) is 26.8 Å². The highest BCUT2D eigenvalue weighted by atomic mass is 19.1. The van der Waals surface area contributed by atoms with Gasteiger partial charge in [-0.1, -0.05) is 24.3 Å². The van der Waals surface area contributed by atoms with E-state index >= 15 is 0 Å². The van der Waals surface area contributed by atoms with E-state index in [9.17, 15) is 14.0 Å². The molecule has 36 heavy (non-hydrogen) atoms. The van der Waals surface area contributed by atoms with Crippen molar-refractivity contribution in [3.05, 3.63) is 95.3 Å². The summed E-state index contributed by atoms with van der Waals surface area (Å²) in [5.41, 5.74) is 2.33. The topological polar surface area (TPSA) is 71.1 Å². The van der Waals surface area contributed by atoms with Gasteiger partial charge in [-0.3, -0.25) is 14.5 Å². The van der Waals surface area contributed by atoms with E-state index in [0.29, 0.717) is 31.7 Å². The van der Waals surface area contributed by atoms with Crippen LogP contribution in [0, 0.1) is 5.82 Å². The number of benzene rings is 3. The van der Waals surface area contributed by atoms with Crippen molar-refractivity contribution in [1.29, 1.82) is 0 Å². The molecule has 0 bridgehead atoms. The number of carbonyl (C=O) groups is 2. The molecule has 0 aliphatic carbocycles. The number of ether oxygens (including phenoxy) is 2. The molecule has 7 nitrogen and oxygen atoms in total. The molecule has 4 rings (SSSR count). The minimum absolute atomic E-state index is 0.107. The second-order valence-electron chi connectivity index (χ2n) is 8.62. The SMILES string of the molecule is COc1ccc(C(NC(=O)CN2CCN(C(=O)c3ccc(F)cc3)CC2)c2ccc(OC)cc2)cc1. The Labute approximate surface area is 210 Å². The third kappa shape index (κ3) is 6.20. The molecule has 0 spiro atoms. The monoisotopic (exact) mass is 491 g/mol. The van der Waals surface area contributed by atoms with Crippen molar-refractivity contribution in [1.82, 2.24) is 15.1 Å². The molecule has 1 heterocycles. The Morgan fingerprint density at radius 2 is 1.31 bits per heavy atom. The molecule has 1 saturated heterocycles. The maximum Gasteiger partial charge on any atom is 0.253 e. The van der Waals surface area contributed by atoms with Gasteiger partial charge >= 0.3 is 0 Å². The lowest BCUT2D eigenvalue weighted by Crippen LogP contribution is -2.51. The minimum Gasteiger partial charge on any atom is -0.497 e.